The van der Waals surface area contributed by atoms with Crippen molar-refractivity contribution >= 4 is 27.7 Å². The summed E-state index contributed by atoms with van der Waals surface area (Å²) in [4.78, 5) is 14.4. The van der Waals surface area contributed by atoms with Crippen LogP contribution < -0.4 is 10.6 Å². The first-order valence-electron chi connectivity index (χ1n) is 8.00. The highest BCUT2D eigenvalue weighted by atomic mass is 79.9. The van der Waals surface area contributed by atoms with Crippen LogP contribution in [0.2, 0.25) is 0 Å². The molecule has 1 heterocycles. The third kappa shape index (κ3) is 5.48. The SMILES string of the molecule is CC(c1ccc(Br)c(NC(=O)OC(C)(C)C)c1)N1CCNCC1. The number of nitrogens with one attached hydrogen (secondary N) is 2. The Balaban J connectivity index is 2.10. The van der Waals surface area contributed by atoms with Crippen molar-refractivity contribution in [1.29, 1.82) is 0 Å². The van der Waals surface area contributed by atoms with Gasteiger partial charge in [0.15, 0.2) is 0 Å². The van der Waals surface area contributed by atoms with Crippen molar-refractivity contribution in [3.05, 3.63) is 28.2 Å². The summed E-state index contributed by atoms with van der Waals surface area (Å²) in [5, 5.41) is 6.19. The van der Waals surface area contributed by atoms with Gasteiger partial charge in [-0.3, -0.25) is 10.2 Å². The average molecular weight is 384 g/mol. The van der Waals surface area contributed by atoms with E-state index < -0.39 is 11.7 Å². The number of benzene rings is 1. The van der Waals surface area contributed by atoms with Crippen molar-refractivity contribution in [3.8, 4) is 0 Å². The number of amides is 1. The maximum Gasteiger partial charge on any atom is 0.412 e. The maximum atomic E-state index is 12.0. The van der Waals surface area contributed by atoms with E-state index in [4.69, 9.17) is 4.74 Å². The molecule has 0 bridgehead atoms. The van der Waals surface area contributed by atoms with Gasteiger partial charge in [-0.2, -0.15) is 0 Å². The molecular weight excluding hydrogens is 358 g/mol. The van der Waals surface area contributed by atoms with E-state index in [-0.39, 0.29) is 0 Å². The molecule has 0 aliphatic carbocycles. The van der Waals surface area contributed by atoms with E-state index in [1.807, 2.05) is 32.9 Å². The van der Waals surface area contributed by atoms with Crippen molar-refractivity contribution in [3.63, 3.8) is 0 Å². The number of rotatable bonds is 3. The summed E-state index contributed by atoms with van der Waals surface area (Å²) in [5.74, 6) is 0. The Hall–Kier alpha value is -1.11. The Morgan fingerprint density at radius 1 is 1.35 bits per heavy atom. The zero-order chi connectivity index (χ0) is 17.0. The molecule has 2 rings (SSSR count). The smallest absolute Gasteiger partial charge is 0.412 e. The molecule has 5 nitrogen and oxygen atoms in total. The van der Waals surface area contributed by atoms with Gasteiger partial charge in [-0.1, -0.05) is 6.07 Å². The average Bonchev–Trinajstić information content (AvgIpc) is 2.48. The van der Waals surface area contributed by atoms with Gasteiger partial charge in [0.1, 0.15) is 5.60 Å². The summed E-state index contributed by atoms with van der Waals surface area (Å²) in [6, 6.07) is 6.39. The van der Waals surface area contributed by atoms with Gasteiger partial charge >= 0.3 is 6.09 Å². The molecule has 0 spiro atoms. The quantitative estimate of drug-likeness (QED) is 0.833. The van der Waals surface area contributed by atoms with Crippen molar-refractivity contribution in [2.75, 3.05) is 31.5 Å². The lowest BCUT2D eigenvalue weighted by molar-refractivity contribution is 0.0636. The third-order valence-corrected chi connectivity index (χ3v) is 4.50. The second kappa shape index (κ2) is 7.64. The van der Waals surface area contributed by atoms with Crippen molar-refractivity contribution in [1.82, 2.24) is 10.2 Å². The molecule has 0 saturated carbocycles. The van der Waals surface area contributed by atoms with Crippen LogP contribution in [0.5, 0.6) is 0 Å². The van der Waals surface area contributed by atoms with Gasteiger partial charge in [0, 0.05) is 36.7 Å². The van der Waals surface area contributed by atoms with Crippen molar-refractivity contribution in [2.45, 2.75) is 39.3 Å². The highest BCUT2D eigenvalue weighted by Gasteiger charge is 2.20. The minimum Gasteiger partial charge on any atom is -0.444 e. The first kappa shape index (κ1) is 18.2. The van der Waals surface area contributed by atoms with Crippen LogP contribution >= 0.6 is 15.9 Å². The van der Waals surface area contributed by atoms with Gasteiger partial charge in [0.2, 0.25) is 0 Å². The van der Waals surface area contributed by atoms with Crippen LogP contribution in [0.4, 0.5) is 10.5 Å². The lowest BCUT2D eigenvalue weighted by Gasteiger charge is -2.33. The van der Waals surface area contributed by atoms with Crippen LogP contribution in [-0.2, 0) is 4.74 Å². The lowest BCUT2D eigenvalue weighted by atomic mass is 10.1. The molecule has 1 saturated heterocycles. The Bertz CT molecular complexity index is 551. The molecule has 1 atom stereocenters. The molecule has 23 heavy (non-hydrogen) atoms. The van der Waals surface area contributed by atoms with Crippen LogP contribution in [0.3, 0.4) is 0 Å². The molecule has 1 amide bonds. The molecule has 1 aromatic rings. The van der Waals surface area contributed by atoms with Crippen LogP contribution in [-0.4, -0.2) is 42.8 Å². The number of nitrogens with zero attached hydrogens (tertiary/aromatic N) is 1. The van der Waals surface area contributed by atoms with Crippen molar-refractivity contribution < 1.29 is 9.53 Å². The highest BCUT2D eigenvalue weighted by Crippen LogP contribution is 2.29. The van der Waals surface area contributed by atoms with Gasteiger partial charge in [0.25, 0.3) is 0 Å². The second-order valence-corrected chi connectivity index (χ2v) is 7.68. The number of hydrogen-bond acceptors (Lipinski definition) is 4. The first-order chi connectivity index (χ1) is 10.8. The monoisotopic (exact) mass is 383 g/mol. The summed E-state index contributed by atoms with van der Waals surface area (Å²) in [6.45, 7) is 11.9. The summed E-state index contributed by atoms with van der Waals surface area (Å²) in [7, 11) is 0. The molecule has 1 aromatic carbocycles. The van der Waals surface area contributed by atoms with Crippen LogP contribution in [0.25, 0.3) is 0 Å². The third-order valence-electron chi connectivity index (χ3n) is 3.81. The zero-order valence-electron chi connectivity index (χ0n) is 14.3. The van der Waals surface area contributed by atoms with E-state index in [0.29, 0.717) is 6.04 Å². The highest BCUT2D eigenvalue weighted by molar-refractivity contribution is 9.10. The number of carbonyl (C=O) groups is 1. The predicted molar refractivity (Wildman–Crippen MR) is 96.9 cm³/mol. The fourth-order valence-corrected chi connectivity index (χ4v) is 2.94. The molecule has 0 aromatic heterocycles. The topological polar surface area (TPSA) is 53.6 Å². The molecule has 0 radical (unpaired) electrons. The number of ether oxygens (including phenoxy) is 1. The summed E-state index contributed by atoms with van der Waals surface area (Å²) in [6.07, 6.45) is -0.440. The molecular formula is C17H26BrN3O2. The fourth-order valence-electron chi connectivity index (χ4n) is 2.59. The minimum atomic E-state index is -0.512. The molecule has 1 aliphatic heterocycles. The number of piperazine rings is 1. The standard InChI is InChI=1S/C17H26BrN3O2/c1-12(21-9-7-19-8-10-21)13-5-6-14(18)15(11-13)20-16(22)23-17(2,3)4/h5-6,11-12,19H,7-10H2,1-4H3,(H,20,22). The van der Waals surface area contributed by atoms with Gasteiger partial charge in [-0.05, 0) is 61.3 Å². The Kier molecular flexibility index (Phi) is 6.06. The molecule has 128 valence electrons. The largest absolute Gasteiger partial charge is 0.444 e. The molecule has 1 unspecified atom stereocenters. The van der Waals surface area contributed by atoms with E-state index in [1.54, 1.807) is 0 Å². The number of halogens is 1. The van der Waals surface area contributed by atoms with Crippen LogP contribution in [0.15, 0.2) is 22.7 Å². The first-order valence-corrected chi connectivity index (χ1v) is 8.80. The van der Waals surface area contributed by atoms with Gasteiger partial charge in [-0.25, -0.2) is 4.79 Å². The summed E-state index contributed by atoms with van der Waals surface area (Å²) < 4.78 is 6.17. The van der Waals surface area contributed by atoms with Crippen LogP contribution in [0.1, 0.15) is 39.3 Å². The molecule has 6 heteroatoms. The molecule has 1 aliphatic rings. The zero-order valence-corrected chi connectivity index (χ0v) is 15.9. The minimum absolute atomic E-state index is 0.310. The Morgan fingerprint density at radius 3 is 2.61 bits per heavy atom. The summed E-state index contributed by atoms with van der Waals surface area (Å²) in [5.41, 5.74) is 1.40. The van der Waals surface area contributed by atoms with Crippen molar-refractivity contribution in [2.24, 2.45) is 0 Å². The van der Waals surface area contributed by atoms with Gasteiger partial charge in [-0.15, -0.1) is 0 Å². The lowest BCUT2D eigenvalue weighted by Crippen LogP contribution is -2.44. The van der Waals surface area contributed by atoms with Crippen LogP contribution in [0, 0.1) is 0 Å². The second-order valence-electron chi connectivity index (χ2n) is 6.83. The fraction of sp³-hybridized carbons (Fsp3) is 0.588. The van der Waals surface area contributed by atoms with E-state index >= 15 is 0 Å². The molecule has 1 fully saturated rings. The Morgan fingerprint density at radius 2 is 2.00 bits per heavy atom. The number of anilines is 1. The normalized spacial score (nSPS) is 17.6. The van der Waals surface area contributed by atoms with E-state index in [9.17, 15) is 4.79 Å². The summed E-state index contributed by atoms with van der Waals surface area (Å²) >= 11 is 3.49. The van der Waals surface area contributed by atoms with E-state index in [2.05, 4.69) is 44.5 Å². The van der Waals surface area contributed by atoms with Gasteiger partial charge in [0.05, 0.1) is 5.69 Å². The number of hydrogen-bond donors (Lipinski definition) is 2. The van der Waals surface area contributed by atoms with Gasteiger partial charge < -0.3 is 10.1 Å². The maximum absolute atomic E-state index is 12.0. The number of carbonyl (C=O) groups excluding carboxylic acids is 1. The van der Waals surface area contributed by atoms with E-state index in [1.165, 1.54) is 5.56 Å². The van der Waals surface area contributed by atoms with E-state index in [0.717, 1.165) is 36.3 Å². The molecule has 2 N–H and O–H groups in total. The predicted octanol–water partition coefficient (Wildman–Crippen LogP) is 3.76. The Labute approximate surface area is 146 Å².